The van der Waals surface area contributed by atoms with Crippen LogP contribution in [-0.2, 0) is 12.8 Å². The summed E-state index contributed by atoms with van der Waals surface area (Å²) in [5, 5.41) is 0. The second-order valence-electron chi connectivity index (χ2n) is 4.43. The smallest absolute Gasteiger partial charge is 0.0954 e. The summed E-state index contributed by atoms with van der Waals surface area (Å²) in [5.74, 6) is 0. The first kappa shape index (κ1) is 10.7. The van der Waals surface area contributed by atoms with Gasteiger partial charge >= 0.3 is 0 Å². The van der Waals surface area contributed by atoms with E-state index in [-0.39, 0.29) is 0 Å². The zero-order valence-electron chi connectivity index (χ0n) is 9.58. The van der Waals surface area contributed by atoms with E-state index in [0.717, 1.165) is 13.0 Å². The van der Waals surface area contributed by atoms with Crippen LogP contribution in [0.3, 0.4) is 0 Å². The molecule has 1 aliphatic rings. The van der Waals surface area contributed by atoms with Crippen molar-refractivity contribution < 1.29 is 0 Å². The molecule has 1 atom stereocenters. The van der Waals surface area contributed by atoms with E-state index in [1.807, 2.05) is 6.33 Å². The molecule has 1 aromatic rings. The molecule has 1 aromatic heterocycles. The standard InChI is InChI=1S/C12H21N3/c1-2-5-10(8-13)15-9-14-11-6-3-4-7-12(11)15/h9-10H,2-8,13H2,1H3. The zero-order valence-corrected chi connectivity index (χ0v) is 9.58. The Bertz CT molecular complexity index is 317. The molecular formula is C12H21N3. The molecule has 0 saturated carbocycles. The van der Waals surface area contributed by atoms with Crippen molar-refractivity contribution >= 4 is 0 Å². The number of nitrogens with zero attached hydrogens (tertiary/aromatic N) is 2. The van der Waals surface area contributed by atoms with Crippen LogP contribution in [0.1, 0.15) is 50.0 Å². The average molecular weight is 207 g/mol. The van der Waals surface area contributed by atoms with E-state index in [1.165, 1.54) is 43.5 Å². The van der Waals surface area contributed by atoms with Gasteiger partial charge in [-0.05, 0) is 32.1 Å². The van der Waals surface area contributed by atoms with Crippen LogP contribution in [0.25, 0.3) is 0 Å². The van der Waals surface area contributed by atoms with Gasteiger partial charge in [0.15, 0.2) is 0 Å². The molecule has 3 nitrogen and oxygen atoms in total. The van der Waals surface area contributed by atoms with Crippen LogP contribution in [0, 0.1) is 0 Å². The molecule has 0 radical (unpaired) electrons. The van der Waals surface area contributed by atoms with Crippen LogP contribution >= 0.6 is 0 Å². The molecule has 2 N–H and O–H groups in total. The van der Waals surface area contributed by atoms with Gasteiger partial charge in [-0.15, -0.1) is 0 Å². The summed E-state index contributed by atoms with van der Waals surface area (Å²) in [5.41, 5.74) is 8.60. The predicted octanol–water partition coefficient (Wildman–Crippen LogP) is 2.06. The lowest BCUT2D eigenvalue weighted by Gasteiger charge is -2.21. The van der Waals surface area contributed by atoms with E-state index in [2.05, 4.69) is 16.5 Å². The number of hydrogen-bond donors (Lipinski definition) is 1. The average Bonchev–Trinajstić information content (AvgIpc) is 2.70. The molecule has 0 fully saturated rings. The molecule has 0 bridgehead atoms. The molecule has 0 amide bonds. The molecule has 3 heteroatoms. The van der Waals surface area contributed by atoms with E-state index >= 15 is 0 Å². The molecule has 15 heavy (non-hydrogen) atoms. The molecule has 0 aliphatic heterocycles. The molecule has 1 unspecified atom stereocenters. The molecule has 1 aliphatic carbocycles. The molecule has 1 heterocycles. The van der Waals surface area contributed by atoms with Crippen molar-refractivity contribution in [3.05, 3.63) is 17.7 Å². The van der Waals surface area contributed by atoms with E-state index in [0.29, 0.717) is 6.04 Å². The normalized spacial score (nSPS) is 17.5. The first-order valence-electron chi connectivity index (χ1n) is 6.11. The molecule has 0 aromatic carbocycles. The highest BCUT2D eigenvalue weighted by Crippen LogP contribution is 2.24. The van der Waals surface area contributed by atoms with Gasteiger partial charge in [-0.3, -0.25) is 0 Å². The van der Waals surface area contributed by atoms with Crippen molar-refractivity contribution in [1.29, 1.82) is 0 Å². The second-order valence-corrected chi connectivity index (χ2v) is 4.43. The van der Waals surface area contributed by atoms with Gasteiger partial charge in [0, 0.05) is 18.3 Å². The second kappa shape index (κ2) is 4.79. The summed E-state index contributed by atoms with van der Waals surface area (Å²) in [4.78, 5) is 4.52. The number of hydrogen-bond acceptors (Lipinski definition) is 2. The Kier molecular flexibility index (Phi) is 3.41. The summed E-state index contributed by atoms with van der Waals surface area (Å²) in [6, 6.07) is 0.462. The third kappa shape index (κ3) is 2.07. The first-order chi connectivity index (χ1) is 7.36. The number of nitrogens with two attached hydrogens (primary N) is 1. The third-order valence-corrected chi connectivity index (χ3v) is 3.35. The number of rotatable bonds is 4. The van der Waals surface area contributed by atoms with Crippen LogP contribution in [0.4, 0.5) is 0 Å². The minimum absolute atomic E-state index is 0.462. The fraction of sp³-hybridized carbons (Fsp3) is 0.750. The molecule has 0 spiro atoms. The Labute approximate surface area is 91.7 Å². The van der Waals surface area contributed by atoms with Crippen LogP contribution in [0.2, 0.25) is 0 Å². The summed E-state index contributed by atoms with van der Waals surface area (Å²) in [6.07, 6.45) is 9.31. The maximum atomic E-state index is 5.83. The van der Waals surface area contributed by atoms with Gasteiger partial charge in [0.05, 0.1) is 12.0 Å². The predicted molar refractivity (Wildman–Crippen MR) is 61.9 cm³/mol. The highest BCUT2D eigenvalue weighted by atomic mass is 15.1. The SMILES string of the molecule is CCCC(CN)n1cnc2c1CCCC2. The zero-order chi connectivity index (χ0) is 10.7. The topological polar surface area (TPSA) is 43.8 Å². The van der Waals surface area contributed by atoms with Gasteiger partial charge in [0.1, 0.15) is 0 Å². The van der Waals surface area contributed by atoms with Crippen LogP contribution < -0.4 is 5.73 Å². The third-order valence-electron chi connectivity index (χ3n) is 3.35. The van der Waals surface area contributed by atoms with E-state index in [9.17, 15) is 0 Å². The summed E-state index contributed by atoms with van der Waals surface area (Å²) in [7, 11) is 0. The number of aryl methyl sites for hydroxylation is 1. The van der Waals surface area contributed by atoms with E-state index in [1.54, 1.807) is 0 Å². The fourth-order valence-electron chi connectivity index (χ4n) is 2.51. The lowest BCUT2D eigenvalue weighted by Crippen LogP contribution is -2.21. The Balaban J connectivity index is 2.22. The van der Waals surface area contributed by atoms with Crippen molar-refractivity contribution in [3.63, 3.8) is 0 Å². The first-order valence-corrected chi connectivity index (χ1v) is 6.11. The van der Waals surface area contributed by atoms with Gasteiger partial charge in [0.25, 0.3) is 0 Å². The largest absolute Gasteiger partial charge is 0.330 e. The Morgan fingerprint density at radius 3 is 3.00 bits per heavy atom. The summed E-state index contributed by atoms with van der Waals surface area (Å²) in [6.45, 7) is 2.95. The van der Waals surface area contributed by atoms with Gasteiger partial charge in [0.2, 0.25) is 0 Å². The minimum Gasteiger partial charge on any atom is -0.330 e. The highest BCUT2D eigenvalue weighted by molar-refractivity contribution is 5.17. The van der Waals surface area contributed by atoms with Gasteiger partial charge < -0.3 is 10.3 Å². The fourth-order valence-corrected chi connectivity index (χ4v) is 2.51. The van der Waals surface area contributed by atoms with Crippen molar-refractivity contribution in [1.82, 2.24) is 9.55 Å². The maximum Gasteiger partial charge on any atom is 0.0954 e. The Hall–Kier alpha value is -0.830. The number of imidazole rings is 1. The van der Waals surface area contributed by atoms with Crippen molar-refractivity contribution in [3.8, 4) is 0 Å². The quantitative estimate of drug-likeness (QED) is 0.821. The molecule has 2 rings (SSSR count). The maximum absolute atomic E-state index is 5.83. The number of fused-ring (bicyclic) bond motifs is 1. The minimum atomic E-state index is 0.462. The number of aromatic nitrogens is 2. The molecular weight excluding hydrogens is 186 g/mol. The van der Waals surface area contributed by atoms with Gasteiger partial charge in [-0.1, -0.05) is 13.3 Å². The Morgan fingerprint density at radius 1 is 1.47 bits per heavy atom. The Morgan fingerprint density at radius 2 is 2.27 bits per heavy atom. The van der Waals surface area contributed by atoms with Crippen LogP contribution in [-0.4, -0.2) is 16.1 Å². The molecule has 84 valence electrons. The van der Waals surface area contributed by atoms with Crippen LogP contribution in [0.5, 0.6) is 0 Å². The van der Waals surface area contributed by atoms with E-state index < -0.39 is 0 Å². The van der Waals surface area contributed by atoms with Crippen molar-refractivity contribution in [2.24, 2.45) is 5.73 Å². The monoisotopic (exact) mass is 207 g/mol. The summed E-state index contributed by atoms with van der Waals surface area (Å²) >= 11 is 0. The van der Waals surface area contributed by atoms with Crippen LogP contribution in [0.15, 0.2) is 6.33 Å². The lowest BCUT2D eigenvalue weighted by atomic mass is 10.0. The van der Waals surface area contributed by atoms with Crippen molar-refractivity contribution in [2.45, 2.75) is 51.5 Å². The van der Waals surface area contributed by atoms with E-state index in [4.69, 9.17) is 5.73 Å². The highest BCUT2D eigenvalue weighted by Gasteiger charge is 2.18. The van der Waals surface area contributed by atoms with Gasteiger partial charge in [-0.25, -0.2) is 4.98 Å². The van der Waals surface area contributed by atoms with Gasteiger partial charge in [-0.2, -0.15) is 0 Å². The van der Waals surface area contributed by atoms with Crippen molar-refractivity contribution in [2.75, 3.05) is 6.54 Å². The summed E-state index contributed by atoms with van der Waals surface area (Å²) < 4.78 is 2.33. The lowest BCUT2D eigenvalue weighted by molar-refractivity contribution is 0.450. The molecule has 0 saturated heterocycles.